The molecule has 0 spiro atoms. The Bertz CT molecular complexity index is 1030. The number of anilines is 1. The molecule has 0 aliphatic carbocycles. The predicted molar refractivity (Wildman–Crippen MR) is 95.5 cm³/mol. The van der Waals surface area contributed by atoms with E-state index >= 15 is 0 Å². The molecule has 7 heteroatoms. The van der Waals surface area contributed by atoms with E-state index in [0.29, 0.717) is 16.4 Å². The first kappa shape index (κ1) is 15.0. The molecular weight excluding hydrogens is 345 g/mol. The summed E-state index contributed by atoms with van der Waals surface area (Å²) < 4.78 is 15.0. The van der Waals surface area contributed by atoms with Crippen molar-refractivity contribution >= 4 is 39.4 Å². The Labute approximate surface area is 145 Å². The Kier molecular flexibility index (Phi) is 3.66. The van der Waals surface area contributed by atoms with Gasteiger partial charge in [0, 0.05) is 22.0 Å². The van der Waals surface area contributed by atoms with Crippen LogP contribution in [0.2, 0.25) is 0 Å². The molecule has 0 unspecified atom stereocenters. The van der Waals surface area contributed by atoms with Crippen LogP contribution in [0.1, 0.15) is 14.5 Å². The zero-order chi connectivity index (χ0) is 16.7. The lowest BCUT2D eigenvalue weighted by molar-refractivity contribution is 0.103. The van der Waals surface area contributed by atoms with E-state index in [-0.39, 0.29) is 11.7 Å². The summed E-state index contributed by atoms with van der Waals surface area (Å²) in [5, 5.41) is 4.85. The van der Waals surface area contributed by atoms with Crippen LogP contribution in [-0.2, 0) is 0 Å². The van der Waals surface area contributed by atoms with Gasteiger partial charge in [0.25, 0.3) is 5.91 Å². The molecule has 3 aromatic heterocycles. The highest BCUT2D eigenvalue weighted by atomic mass is 32.1. The molecule has 4 rings (SSSR count). The van der Waals surface area contributed by atoms with E-state index in [0.717, 1.165) is 15.4 Å². The van der Waals surface area contributed by atoms with Gasteiger partial charge in [-0.05, 0) is 43.3 Å². The number of halogens is 1. The third-order valence-corrected chi connectivity index (χ3v) is 5.33. The van der Waals surface area contributed by atoms with Crippen molar-refractivity contribution < 1.29 is 9.18 Å². The lowest BCUT2D eigenvalue weighted by Gasteiger charge is -2.06. The average Bonchev–Trinajstić information content (AvgIpc) is 3.26. The van der Waals surface area contributed by atoms with E-state index in [1.165, 1.54) is 34.8 Å². The fraction of sp³-hybridized carbons (Fsp3) is 0.0588. The number of aryl methyl sites for hydroxylation is 1. The Hall–Kier alpha value is -2.51. The molecule has 0 atom stereocenters. The van der Waals surface area contributed by atoms with Crippen molar-refractivity contribution in [3.63, 3.8) is 0 Å². The van der Waals surface area contributed by atoms with Crippen LogP contribution >= 0.6 is 22.7 Å². The first-order valence-electron chi connectivity index (χ1n) is 7.21. The smallest absolute Gasteiger partial charge is 0.266 e. The minimum absolute atomic E-state index is 0.176. The second-order valence-electron chi connectivity index (χ2n) is 5.24. The number of benzene rings is 1. The summed E-state index contributed by atoms with van der Waals surface area (Å²) in [6.45, 7) is 1.96. The van der Waals surface area contributed by atoms with Gasteiger partial charge in [0.15, 0.2) is 4.96 Å². The minimum Gasteiger partial charge on any atom is -0.305 e. The summed E-state index contributed by atoms with van der Waals surface area (Å²) >= 11 is 2.92. The number of hydrogen-bond acceptors (Lipinski definition) is 4. The summed E-state index contributed by atoms with van der Waals surface area (Å²) in [5.41, 5.74) is 1.38. The number of nitrogens with zero attached hydrogens (tertiary/aromatic N) is 2. The summed E-state index contributed by atoms with van der Waals surface area (Å²) in [6.07, 6.45) is 1.86. The summed E-state index contributed by atoms with van der Waals surface area (Å²) in [5.74, 6) is 0.109. The first-order valence-corrected chi connectivity index (χ1v) is 8.91. The maximum Gasteiger partial charge on any atom is 0.266 e. The number of imidazole rings is 1. The van der Waals surface area contributed by atoms with Crippen LogP contribution in [0, 0.1) is 12.7 Å². The Morgan fingerprint density at radius 1 is 1.21 bits per heavy atom. The molecule has 0 saturated heterocycles. The number of nitrogens with one attached hydrogen (secondary N) is 1. The third-order valence-electron chi connectivity index (χ3n) is 3.58. The molecule has 0 bridgehead atoms. The number of amides is 1. The molecule has 3 heterocycles. The number of thiophene rings is 1. The van der Waals surface area contributed by atoms with Crippen LogP contribution < -0.4 is 5.32 Å². The van der Waals surface area contributed by atoms with Crippen LogP contribution in [0.15, 0.2) is 48.0 Å². The van der Waals surface area contributed by atoms with Crippen LogP contribution in [0.5, 0.6) is 0 Å². The van der Waals surface area contributed by atoms with Crippen molar-refractivity contribution in [2.75, 3.05) is 5.32 Å². The lowest BCUT2D eigenvalue weighted by atomic mass is 10.1. The molecule has 4 aromatic rings. The molecule has 0 aliphatic rings. The van der Waals surface area contributed by atoms with Crippen LogP contribution in [-0.4, -0.2) is 15.3 Å². The summed E-state index contributed by atoms with van der Waals surface area (Å²) in [6, 6.07) is 9.81. The zero-order valence-corrected chi connectivity index (χ0v) is 14.2. The molecule has 4 nitrogen and oxygen atoms in total. The fourth-order valence-electron chi connectivity index (χ4n) is 2.44. The quantitative estimate of drug-likeness (QED) is 0.571. The number of aromatic nitrogens is 2. The SMILES string of the molecule is Cc1ccc(C(=O)Nc2c(-c3ccc(F)cc3)nc3sccn23)s1. The van der Waals surface area contributed by atoms with Crippen molar-refractivity contribution in [3.8, 4) is 11.3 Å². The predicted octanol–water partition coefficient (Wildman–Crippen LogP) is 4.82. The van der Waals surface area contributed by atoms with Crippen LogP contribution in [0.4, 0.5) is 10.2 Å². The van der Waals surface area contributed by atoms with E-state index in [2.05, 4.69) is 10.3 Å². The molecule has 0 saturated carbocycles. The van der Waals surface area contributed by atoms with Crippen molar-refractivity contribution in [2.45, 2.75) is 6.92 Å². The molecular formula is C17H12FN3OS2. The number of carbonyl (C=O) groups is 1. The molecule has 0 radical (unpaired) electrons. The normalized spacial score (nSPS) is 11.1. The van der Waals surface area contributed by atoms with E-state index < -0.39 is 0 Å². The molecule has 120 valence electrons. The van der Waals surface area contributed by atoms with Crippen molar-refractivity contribution in [1.29, 1.82) is 0 Å². The number of fused-ring (bicyclic) bond motifs is 1. The van der Waals surface area contributed by atoms with Gasteiger partial charge in [-0.1, -0.05) is 0 Å². The third kappa shape index (κ3) is 2.61. The van der Waals surface area contributed by atoms with E-state index in [1.807, 2.05) is 29.0 Å². The Morgan fingerprint density at radius 3 is 2.71 bits per heavy atom. The minimum atomic E-state index is -0.306. The number of carbonyl (C=O) groups excluding carboxylic acids is 1. The van der Waals surface area contributed by atoms with E-state index in [4.69, 9.17) is 0 Å². The Morgan fingerprint density at radius 2 is 2.00 bits per heavy atom. The van der Waals surface area contributed by atoms with Gasteiger partial charge < -0.3 is 5.32 Å². The topological polar surface area (TPSA) is 46.4 Å². The molecule has 0 fully saturated rings. The summed E-state index contributed by atoms with van der Waals surface area (Å²) in [4.78, 5) is 19.6. The molecule has 1 N–H and O–H groups in total. The fourth-order valence-corrected chi connectivity index (χ4v) is 3.92. The van der Waals surface area contributed by atoms with Gasteiger partial charge in [-0.25, -0.2) is 9.37 Å². The van der Waals surface area contributed by atoms with E-state index in [9.17, 15) is 9.18 Å². The van der Waals surface area contributed by atoms with Crippen LogP contribution in [0.25, 0.3) is 16.2 Å². The standard InChI is InChI=1S/C17H12FN3OS2/c1-10-2-7-13(24-10)16(22)20-15-14(11-3-5-12(18)6-4-11)19-17-21(15)8-9-23-17/h2-9H,1H3,(H,20,22). The highest BCUT2D eigenvalue weighted by Gasteiger charge is 2.18. The van der Waals surface area contributed by atoms with E-state index in [1.54, 1.807) is 18.2 Å². The maximum atomic E-state index is 13.2. The molecule has 1 amide bonds. The average molecular weight is 357 g/mol. The van der Waals surface area contributed by atoms with Crippen molar-refractivity contribution in [3.05, 3.63) is 63.5 Å². The molecule has 1 aromatic carbocycles. The maximum absolute atomic E-state index is 13.2. The van der Waals surface area contributed by atoms with Gasteiger partial charge in [0.05, 0.1) is 4.88 Å². The number of hydrogen-bond donors (Lipinski definition) is 1. The number of thiazole rings is 1. The van der Waals surface area contributed by atoms with Gasteiger partial charge >= 0.3 is 0 Å². The van der Waals surface area contributed by atoms with Gasteiger partial charge in [-0.2, -0.15) is 0 Å². The highest BCUT2D eigenvalue weighted by Crippen LogP contribution is 2.31. The Balaban J connectivity index is 1.78. The number of rotatable bonds is 3. The van der Waals surface area contributed by atoms with Crippen LogP contribution in [0.3, 0.4) is 0 Å². The second kappa shape index (κ2) is 5.85. The summed E-state index contributed by atoms with van der Waals surface area (Å²) in [7, 11) is 0. The van der Waals surface area contributed by atoms with Gasteiger partial charge in [-0.3, -0.25) is 9.20 Å². The van der Waals surface area contributed by atoms with Gasteiger partial charge in [0.2, 0.25) is 0 Å². The monoisotopic (exact) mass is 357 g/mol. The largest absolute Gasteiger partial charge is 0.305 e. The molecule has 0 aliphatic heterocycles. The lowest BCUT2D eigenvalue weighted by Crippen LogP contribution is -2.12. The van der Waals surface area contributed by atoms with Crippen molar-refractivity contribution in [1.82, 2.24) is 9.38 Å². The molecule has 24 heavy (non-hydrogen) atoms. The highest BCUT2D eigenvalue weighted by molar-refractivity contribution is 7.15. The van der Waals surface area contributed by atoms with Gasteiger partial charge in [-0.15, -0.1) is 22.7 Å². The first-order chi connectivity index (χ1) is 11.6. The van der Waals surface area contributed by atoms with Crippen molar-refractivity contribution in [2.24, 2.45) is 0 Å². The van der Waals surface area contributed by atoms with Gasteiger partial charge in [0.1, 0.15) is 17.3 Å². The second-order valence-corrected chi connectivity index (χ2v) is 7.40. The zero-order valence-electron chi connectivity index (χ0n) is 12.6.